The normalized spacial score (nSPS) is 13.4. The highest BCUT2D eigenvalue weighted by Gasteiger charge is 2.09. The smallest absolute Gasteiger partial charge is 0.306 e. The molecule has 0 bridgehead atoms. The van der Waals surface area contributed by atoms with Gasteiger partial charge in [0, 0.05) is 30.1 Å². The molecule has 0 aromatic heterocycles. The van der Waals surface area contributed by atoms with Gasteiger partial charge in [-0.1, -0.05) is 23.3 Å². The van der Waals surface area contributed by atoms with E-state index in [1.54, 1.807) is 24.3 Å². The number of allylic oxidation sites excluding steroid dienone is 1. The van der Waals surface area contributed by atoms with Crippen LogP contribution in [0.1, 0.15) is 55.3 Å². The van der Waals surface area contributed by atoms with Gasteiger partial charge >= 0.3 is 5.97 Å². The van der Waals surface area contributed by atoms with Gasteiger partial charge in [0.2, 0.25) is 0 Å². The molecule has 2 N–H and O–H groups in total. The number of amides is 2. The summed E-state index contributed by atoms with van der Waals surface area (Å²) < 4.78 is 4.96. The lowest BCUT2D eigenvalue weighted by atomic mass is 9.97. The molecule has 0 unspecified atom stereocenters. The molecule has 0 radical (unpaired) electrons. The van der Waals surface area contributed by atoms with Gasteiger partial charge in [-0.2, -0.15) is 0 Å². The molecule has 6 nitrogen and oxygen atoms in total. The van der Waals surface area contributed by atoms with Gasteiger partial charge in [0.15, 0.2) is 6.61 Å². The predicted molar refractivity (Wildman–Crippen MR) is 108 cm³/mol. The van der Waals surface area contributed by atoms with Gasteiger partial charge in [0.25, 0.3) is 11.8 Å². The molecular weight excluding hydrogens is 380 g/mol. The average molecular weight is 407 g/mol. The Morgan fingerprint density at radius 1 is 1.04 bits per heavy atom. The first-order valence-electron chi connectivity index (χ1n) is 9.68. The van der Waals surface area contributed by atoms with Crippen LogP contribution in [0.4, 0.5) is 0 Å². The number of rotatable bonds is 10. The van der Waals surface area contributed by atoms with Crippen molar-refractivity contribution in [3.05, 3.63) is 46.5 Å². The van der Waals surface area contributed by atoms with Crippen molar-refractivity contribution >= 4 is 29.4 Å². The summed E-state index contributed by atoms with van der Waals surface area (Å²) in [4.78, 5) is 35.3. The molecule has 0 fully saturated rings. The van der Waals surface area contributed by atoms with Crippen molar-refractivity contribution in [1.82, 2.24) is 10.6 Å². The molecule has 0 spiro atoms. The third kappa shape index (κ3) is 8.57. The number of halogens is 1. The number of carbonyl (C=O) groups excluding carboxylic acids is 3. The summed E-state index contributed by atoms with van der Waals surface area (Å²) in [5, 5.41) is 6.05. The molecule has 1 aromatic rings. The number of hydrogen-bond acceptors (Lipinski definition) is 4. The largest absolute Gasteiger partial charge is 0.456 e. The van der Waals surface area contributed by atoms with E-state index in [-0.39, 0.29) is 24.8 Å². The van der Waals surface area contributed by atoms with Crippen molar-refractivity contribution in [1.29, 1.82) is 0 Å². The molecular formula is C21H27ClN2O4. The Bertz CT molecular complexity index is 701. The fourth-order valence-corrected chi connectivity index (χ4v) is 3.03. The van der Waals surface area contributed by atoms with E-state index in [9.17, 15) is 14.4 Å². The molecule has 1 aromatic carbocycles. The lowest BCUT2D eigenvalue weighted by Gasteiger charge is -2.13. The zero-order chi connectivity index (χ0) is 20.2. The highest BCUT2D eigenvalue weighted by Crippen LogP contribution is 2.19. The van der Waals surface area contributed by atoms with Crippen LogP contribution in [0.25, 0.3) is 0 Å². The molecule has 28 heavy (non-hydrogen) atoms. The third-order valence-electron chi connectivity index (χ3n) is 4.47. The minimum atomic E-state index is -0.453. The van der Waals surface area contributed by atoms with Crippen LogP contribution in [0.2, 0.25) is 5.02 Å². The van der Waals surface area contributed by atoms with E-state index in [1.165, 1.54) is 18.4 Å². The lowest BCUT2D eigenvalue weighted by molar-refractivity contribution is -0.148. The molecule has 7 heteroatoms. The van der Waals surface area contributed by atoms with Crippen molar-refractivity contribution in [3.8, 4) is 0 Å². The Morgan fingerprint density at radius 3 is 2.54 bits per heavy atom. The minimum Gasteiger partial charge on any atom is -0.456 e. The third-order valence-corrected chi connectivity index (χ3v) is 4.72. The average Bonchev–Trinajstić information content (AvgIpc) is 2.71. The summed E-state index contributed by atoms with van der Waals surface area (Å²) in [5.41, 5.74) is 1.90. The second-order valence-electron chi connectivity index (χ2n) is 6.74. The summed E-state index contributed by atoms with van der Waals surface area (Å²) in [6.45, 7) is 0.645. The van der Waals surface area contributed by atoms with Gasteiger partial charge in [-0.3, -0.25) is 14.4 Å². The molecule has 2 rings (SSSR count). The maximum atomic E-state index is 11.9. The van der Waals surface area contributed by atoms with Gasteiger partial charge in [-0.05, 0) is 62.8 Å². The van der Waals surface area contributed by atoms with Gasteiger partial charge in [-0.25, -0.2) is 0 Å². The second kappa shape index (κ2) is 12.2. The zero-order valence-corrected chi connectivity index (χ0v) is 16.7. The van der Waals surface area contributed by atoms with Crippen molar-refractivity contribution in [2.24, 2.45) is 0 Å². The quantitative estimate of drug-likeness (QED) is 0.354. The standard InChI is InChI=1S/C21H27ClN2O4/c22-18-10-8-17(9-11-18)21(27)24-13-4-7-20(26)28-15-19(25)23-14-12-16-5-2-1-3-6-16/h5,8-11H,1-4,6-7,12-15H2,(H,23,25)(H,24,27). The van der Waals surface area contributed by atoms with E-state index >= 15 is 0 Å². The highest BCUT2D eigenvalue weighted by atomic mass is 35.5. The summed E-state index contributed by atoms with van der Waals surface area (Å²) in [5.74, 6) is -0.968. The van der Waals surface area contributed by atoms with Crippen molar-refractivity contribution in [3.63, 3.8) is 0 Å². The van der Waals surface area contributed by atoms with Crippen LogP contribution in [0.3, 0.4) is 0 Å². The van der Waals surface area contributed by atoms with Gasteiger partial charge in [0.05, 0.1) is 0 Å². The van der Waals surface area contributed by atoms with Gasteiger partial charge in [0.1, 0.15) is 0 Å². The molecule has 0 saturated carbocycles. The fourth-order valence-electron chi connectivity index (χ4n) is 2.90. The molecule has 0 aliphatic heterocycles. The van der Waals surface area contributed by atoms with Crippen LogP contribution in [0.15, 0.2) is 35.9 Å². The number of nitrogens with one attached hydrogen (secondary N) is 2. The van der Waals surface area contributed by atoms with E-state index in [2.05, 4.69) is 16.7 Å². The fraction of sp³-hybridized carbons (Fsp3) is 0.476. The Balaban J connectivity index is 1.51. The monoisotopic (exact) mass is 406 g/mol. The topological polar surface area (TPSA) is 84.5 Å². The van der Waals surface area contributed by atoms with Crippen LogP contribution >= 0.6 is 11.6 Å². The van der Waals surface area contributed by atoms with E-state index in [0.29, 0.717) is 30.1 Å². The van der Waals surface area contributed by atoms with Gasteiger partial charge < -0.3 is 15.4 Å². The van der Waals surface area contributed by atoms with Crippen LogP contribution in [-0.4, -0.2) is 37.5 Å². The van der Waals surface area contributed by atoms with E-state index in [0.717, 1.165) is 19.3 Å². The molecule has 2 amide bonds. The molecule has 1 aliphatic carbocycles. The number of benzene rings is 1. The van der Waals surface area contributed by atoms with E-state index in [1.807, 2.05) is 0 Å². The second-order valence-corrected chi connectivity index (χ2v) is 7.17. The first kappa shape index (κ1) is 22.0. The Labute approximate surface area is 170 Å². The number of carbonyl (C=O) groups is 3. The molecule has 1 aliphatic rings. The van der Waals surface area contributed by atoms with Crippen molar-refractivity contribution in [2.45, 2.75) is 44.9 Å². The first-order chi connectivity index (χ1) is 13.5. The van der Waals surface area contributed by atoms with Crippen LogP contribution < -0.4 is 10.6 Å². The number of hydrogen-bond donors (Lipinski definition) is 2. The summed E-state index contributed by atoms with van der Waals surface area (Å²) in [6, 6.07) is 6.56. The maximum Gasteiger partial charge on any atom is 0.306 e. The zero-order valence-electron chi connectivity index (χ0n) is 16.0. The van der Waals surface area contributed by atoms with Crippen molar-refractivity contribution in [2.75, 3.05) is 19.7 Å². The minimum absolute atomic E-state index is 0.140. The maximum absolute atomic E-state index is 11.9. The van der Waals surface area contributed by atoms with Crippen LogP contribution in [-0.2, 0) is 14.3 Å². The number of ether oxygens (including phenoxy) is 1. The number of esters is 1. The lowest BCUT2D eigenvalue weighted by Crippen LogP contribution is -2.30. The highest BCUT2D eigenvalue weighted by molar-refractivity contribution is 6.30. The molecule has 152 valence electrons. The van der Waals surface area contributed by atoms with E-state index in [4.69, 9.17) is 16.3 Å². The summed E-state index contributed by atoms with van der Waals surface area (Å²) in [6.07, 6.45) is 8.39. The summed E-state index contributed by atoms with van der Waals surface area (Å²) >= 11 is 5.78. The van der Waals surface area contributed by atoms with Crippen LogP contribution in [0.5, 0.6) is 0 Å². The first-order valence-corrected chi connectivity index (χ1v) is 10.1. The molecule has 0 heterocycles. The summed E-state index contributed by atoms with van der Waals surface area (Å²) in [7, 11) is 0. The Morgan fingerprint density at radius 2 is 1.82 bits per heavy atom. The molecule has 0 saturated heterocycles. The van der Waals surface area contributed by atoms with Crippen molar-refractivity contribution < 1.29 is 19.1 Å². The van der Waals surface area contributed by atoms with Crippen LogP contribution in [0, 0.1) is 0 Å². The Kier molecular flexibility index (Phi) is 9.55. The molecule has 0 atom stereocenters. The predicted octanol–water partition coefficient (Wildman–Crippen LogP) is 3.40. The van der Waals surface area contributed by atoms with Gasteiger partial charge in [-0.15, -0.1) is 0 Å². The Hall–Kier alpha value is -2.34. The SMILES string of the molecule is O=C(COC(=O)CCCNC(=O)c1ccc(Cl)cc1)NCCC1=CCCCC1. The van der Waals surface area contributed by atoms with E-state index < -0.39 is 5.97 Å².